The third-order valence-electron chi connectivity index (χ3n) is 3.94. The van der Waals surface area contributed by atoms with Crippen LogP contribution < -0.4 is 5.32 Å². The molecule has 1 amide bonds. The van der Waals surface area contributed by atoms with Crippen LogP contribution in [0.1, 0.15) is 41.2 Å². The van der Waals surface area contributed by atoms with Gasteiger partial charge in [0, 0.05) is 29.4 Å². The Labute approximate surface area is 155 Å². The number of aromatic nitrogens is 3. The Morgan fingerprint density at radius 2 is 2.23 bits per heavy atom. The van der Waals surface area contributed by atoms with E-state index in [1.165, 1.54) is 0 Å². The molecule has 26 heavy (non-hydrogen) atoms. The summed E-state index contributed by atoms with van der Waals surface area (Å²) in [5.74, 6) is 0.391. The maximum Gasteiger partial charge on any atom is 0.272 e. The molecule has 0 aliphatic heterocycles. The monoisotopic (exact) mass is 371 g/mol. The van der Waals surface area contributed by atoms with E-state index in [9.17, 15) is 4.79 Å². The van der Waals surface area contributed by atoms with Gasteiger partial charge < -0.3 is 9.84 Å². The predicted molar refractivity (Wildman–Crippen MR) is 96.6 cm³/mol. The van der Waals surface area contributed by atoms with E-state index in [-0.39, 0.29) is 12.5 Å². The van der Waals surface area contributed by atoms with E-state index < -0.39 is 0 Å². The molecule has 0 saturated carbocycles. The molecule has 3 rings (SSSR count). The molecule has 8 heteroatoms. The van der Waals surface area contributed by atoms with Gasteiger partial charge in [0.05, 0.1) is 18.1 Å². The van der Waals surface area contributed by atoms with Crippen molar-refractivity contribution in [1.29, 1.82) is 5.26 Å². The van der Waals surface area contributed by atoms with Crippen molar-refractivity contribution >= 4 is 28.4 Å². The zero-order chi connectivity index (χ0) is 18.5. The number of rotatable bonds is 7. The number of nitrogens with one attached hydrogen (secondary N) is 1. The summed E-state index contributed by atoms with van der Waals surface area (Å²) in [6.45, 7) is 2.69. The van der Waals surface area contributed by atoms with E-state index >= 15 is 0 Å². The highest BCUT2D eigenvalue weighted by molar-refractivity contribution is 6.31. The maximum atomic E-state index is 12.6. The average molecular weight is 372 g/mol. The first kappa shape index (κ1) is 18.0. The van der Waals surface area contributed by atoms with E-state index in [4.69, 9.17) is 21.4 Å². The Bertz CT molecular complexity index is 970. The van der Waals surface area contributed by atoms with Crippen LogP contribution >= 0.6 is 11.6 Å². The number of amides is 1. The Morgan fingerprint density at radius 1 is 1.38 bits per heavy atom. The van der Waals surface area contributed by atoms with Gasteiger partial charge in [-0.1, -0.05) is 16.8 Å². The van der Waals surface area contributed by atoms with E-state index in [0.29, 0.717) is 40.5 Å². The molecule has 0 fully saturated rings. The fourth-order valence-corrected chi connectivity index (χ4v) is 2.88. The molecule has 1 aromatic carbocycles. The van der Waals surface area contributed by atoms with Crippen LogP contribution in [0.5, 0.6) is 0 Å². The van der Waals surface area contributed by atoms with Crippen molar-refractivity contribution in [2.45, 2.75) is 39.3 Å². The van der Waals surface area contributed by atoms with Crippen molar-refractivity contribution in [1.82, 2.24) is 20.3 Å². The van der Waals surface area contributed by atoms with Crippen LogP contribution in [0.15, 0.2) is 28.8 Å². The second-order valence-corrected chi connectivity index (χ2v) is 6.40. The highest BCUT2D eigenvalue weighted by Gasteiger charge is 2.18. The highest BCUT2D eigenvalue weighted by Crippen LogP contribution is 2.23. The predicted octanol–water partition coefficient (Wildman–Crippen LogP) is 3.61. The van der Waals surface area contributed by atoms with E-state index in [1.807, 2.05) is 6.07 Å². The lowest BCUT2D eigenvalue weighted by Gasteiger charge is -2.02. The summed E-state index contributed by atoms with van der Waals surface area (Å²) in [7, 11) is 0. The van der Waals surface area contributed by atoms with Crippen molar-refractivity contribution in [3.05, 3.63) is 46.4 Å². The molecule has 134 valence electrons. The van der Waals surface area contributed by atoms with E-state index in [1.54, 1.807) is 29.8 Å². The normalized spacial score (nSPS) is 10.8. The third-order valence-corrected chi connectivity index (χ3v) is 4.18. The first-order valence-corrected chi connectivity index (χ1v) is 8.69. The number of benzene rings is 1. The number of aryl methyl sites for hydroxylation is 2. The van der Waals surface area contributed by atoms with Crippen molar-refractivity contribution in [3.63, 3.8) is 0 Å². The molecular weight excluding hydrogens is 354 g/mol. The first-order chi connectivity index (χ1) is 12.6. The molecule has 0 bridgehead atoms. The summed E-state index contributed by atoms with van der Waals surface area (Å²) in [4.78, 5) is 12.6. The molecule has 0 aliphatic carbocycles. The Balaban J connectivity index is 1.80. The van der Waals surface area contributed by atoms with Gasteiger partial charge in [-0.25, -0.2) is 0 Å². The van der Waals surface area contributed by atoms with Gasteiger partial charge in [-0.15, -0.1) is 0 Å². The zero-order valence-corrected chi connectivity index (χ0v) is 15.1. The number of carbonyl (C=O) groups is 1. The van der Waals surface area contributed by atoms with Crippen LogP contribution in [0.4, 0.5) is 0 Å². The van der Waals surface area contributed by atoms with Crippen molar-refractivity contribution in [3.8, 4) is 6.07 Å². The Kier molecular flexibility index (Phi) is 5.54. The Morgan fingerprint density at radius 3 is 2.96 bits per heavy atom. The van der Waals surface area contributed by atoms with Gasteiger partial charge >= 0.3 is 0 Å². The number of carbonyl (C=O) groups excluding carboxylic acids is 1. The SMILES string of the molecule is Cc1cc(CNC(=O)c2nn(CCCCC#N)c3ccc(Cl)cc23)no1. The summed E-state index contributed by atoms with van der Waals surface area (Å²) in [5, 5.41) is 21.0. The lowest BCUT2D eigenvalue weighted by atomic mass is 10.2. The second-order valence-electron chi connectivity index (χ2n) is 5.96. The minimum Gasteiger partial charge on any atom is -0.361 e. The van der Waals surface area contributed by atoms with Crippen LogP contribution in [0.2, 0.25) is 5.02 Å². The van der Waals surface area contributed by atoms with Crippen molar-refractivity contribution in [2.24, 2.45) is 0 Å². The van der Waals surface area contributed by atoms with Crippen LogP contribution in [-0.2, 0) is 13.1 Å². The van der Waals surface area contributed by atoms with Crippen LogP contribution in [0.25, 0.3) is 10.9 Å². The minimum absolute atomic E-state index is 0.257. The Hall–Kier alpha value is -2.85. The van der Waals surface area contributed by atoms with E-state index in [0.717, 1.165) is 18.4 Å². The van der Waals surface area contributed by atoms with Gasteiger partial charge in [0.2, 0.25) is 0 Å². The third kappa shape index (κ3) is 4.03. The van der Waals surface area contributed by atoms with Gasteiger partial charge in [0.25, 0.3) is 5.91 Å². The van der Waals surface area contributed by atoms with E-state index in [2.05, 4.69) is 21.6 Å². The van der Waals surface area contributed by atoms with Crippen molar-refractivity contribution in [2.75, 3.05) is 0 Å². The zero-order valence-electron chi connectivity index (χ0n) is 14.3. The number of fused-ring (bicyclic) bond motifs is 1. The van der Waals surface area contributed by atoms with Gasteiger partial charge in [-0.05, 0) is 38.0 Å². The molecule has 0 unspecified atom stereocenters. The molecule has 0 radical (unpaired) electrons. The van der Waals surface area contributed by atoms with Crippen LogP contribution in [0.3, 0.4) is 0 Å². The molecule has 0 spiro atoms. The number of unbranched alkanes of at least 4 members (excludes halogenated alkanes) is 2. The maximum absolute atomic E-state index is 12.6. The average Bonchev–Trinajstić information content (AvgIpc) is 3.20. The topological polar surface area (TPSA) is 96.7 Å². The summed E-state index contributed by atoms with van der Waals surface area (Å²) in [6, 6.07) is 9.27. The summed E-state index contributed by atoms with van der Waals surface area (Å²) >= 11 is 6.10. The quantitative estimate of drug-likeness (QED) is 0.640. The van der Waals surface area contributed by atoms with Gasteiger partial charge in [-0.3, -0.25) is 9.48 Å². The summed E-state index contributed by atoms with van der Waals surface area (Å²) < 4.78 is 6.79. The standard InChI is InChI=1S/C18H18ClN5O2/c1-12-9-14(23-26-12)11-21-18(25)17-15-10-13(19)5-6-16(15)24(22-17)8-4-2-3-7-20/h5-6,9-10H,2-4,8,11H2,1H3,(H,21,25). The minimum atomic E-state index is -0.298. The van der Waals surface area contributed by atoms with Gasteiger partial charge in [0.15, 0.2) is 5.69 Å². The molecule has 2 aromatic heterocycles. The van der Waals surface area contributed by atoms with Gasteiger partial charge in [0.1, 0.15) is 11.5 Å². The number of hydrogen-bond donors (Lipinski definition) is 1. The van der Waals surface area contributed by atoms with Crippen LogP contribution in [-0.4, -0.2) is 20.8 Å². The fraction of sp³-hybridized carbons (Fsp3) is 0.333. The van der Waals surface area contributed by atoms with Gasteiger partial charge in [-0.2, -0.15) is 10.4 Å². The first-order valence-electron chi connectivity index (χ1n) is 8.32. The lowest BCUT2D eigenvalue weighted by Crippen LogP contribution is -2.23. The molecule has 2 heterocycles. The molecule has 0 aliphatic rings. The smallest absolute Gasteiger partial charge is 0.272 e. The molecule has 1 N–H and O–H groups in total. The summed E-state index contributed by atoms with van der Waals surface area (Å²) in [6.07, 6.45) is 2.11. The number of nitriles is 1. The number of nitrogens with zero attached hydrogens (tertiary/aromatic N) is 4. The number of halogens is 1. The molecule has 3 aromatic rings. The largest absolute Gasteiger partial charge is 0.361 e. The fourth-order valence-electron chi connectivity index (χ4n) is 2.71. The highest BCUT2D eigenvalue weighted by atomic mass is 35.5. The lowest BCUT2D eigenvalue weighted by molar-refractivity contribution is 0.0945. The molecule has 0 saturated heterocycles. The molecule has 7 nitrogen and oxygen atoms in total. The van der Waals surface area contributed by atoms with Crippen molar-refractivity contribution < 1.29 is 9.32 Å². The molecular formula is C18H18ClN5O2. The summed E-state index contributed by atoms with van der Waals surface area (Å²) in [5.41, 5.74) is 1.81. The molecule has 0 atom stereocenters. The number of hydrogen-bond acceptors (Lipinski definition) is 5. The second kappa shape index (κ2) is 8.02. The van der Waals surface area contributed by atoms with Crippen LogP contribution in [0, 0.1) is 18.3 Å².